The minimum atomic E-state index is -0.849. The number of rotatable bonds is 8. The Labute approximate surface area is 177 Å². The molecule has 3 amide bonds. The molecule has 1 aliphatic rings. The molecule has 1 aromatic rings. The number of nitrogens with zero attached hydrogens (tertiary/aromatic N) is 2. The fourth-order valence-electron chi connectivity index (χ4n) is 3.27. The minimum absolute atomic E-state index is 0.158. The molecule has 2 rings (SSSR count). The number of amides is 3. The van der Waals surface area contributed by atoms with Crippen molar-refractivity contribution in [2.75, 3.05) is 33.4 Å². The average Bonchev–Trinajstić information content (AvgIpc) is 3.12. The maximum Gasteiger partial charge on any atom is 0.410 e. The van der Waals surface area contributed by atoms with E-state index in [2.05, 4.69) is 15.6 Å². The molecule has 1 aromatic heterocycles. The van der Waals surface area contributed by atoms with E-state index in [-0.39, 0.29) is 37.9 Å². The van der Waals surface area contributed by atoms with Gasteiger partial charge in [-0.1, -0.05) is 6.07 Å². The van der Waals surface area contributed by atoms with E-state index >= 15 is 0 Å². The van der Waals surface area contributed by atoms with Crippen molar-refractivity contribution in [3.05, 3.63) is 30.1 Å². The zero-order valence-corrected chi connectivity index (χ0v) is 18.2. The number of carbonyl (C=O) groups is 3. The van der Waals surface area contributed by atoms with Gasteiger partial charge in [-0.25, -0.2) is 4.79 Å². The van der Waals surface area contributed by atoms with Crippen LogP contribution in [-0.2, 0) is 25.6 Å². The summed E-state index contributed by atoms with van der Waals surface area (Å²) in [5, 5.41) is 5.61. The summed E-state index contributed by atoms with van der Waals surface area (Å²) >= 11 is 0. The summed E-state index contributed by atoms with van der Waals surface area (Å²) in [7, 11) is 1.52. The Morgan fingerprint density at radius 3 is 2.67 bits per heavy atom. The summed E-state index contributed by atoms with van der Waals surface area (Å²) in [5.74, 6) is -0.391. The molecule has 2 N–H and O–H groups in total. The van der Waals surface area contributed by atoms with Crippen molar-refractivity contribution in [1.29, 1.82) is 0 Å². The zero-order chi connectivity index (χ0) is 22.2. The van der Waals surface area contributed by atoms with Crippen LogP contribution in [0.25, 0.3) is 0 Å². The summed E-state index contributed by atoms with van der Waals surface area (Å²) < 4.78 is 10.7. The lowest BCUT2D eigenvalue weighted by Crippen LogP contribution is -2.47. The third-order valence-electron chi connectivity index (χ3n) is 4.76. The Balaban J connectivity index is 1.82. The van der Waals surface area contributed by atoms with Gasteiger partial charge in [0, 0.05) is 52.1 Å². The van der Waals surface area contributed by atoms with Gasteiger partial charge in [-0.2, -0.15) is 0 Å². The number of likely N-dealkylation sites (tertiary alicyclic amines) is 1. The molecule has 1 unspecified atom stereocenters. The Morgan fingerprint density at radius 1 is 1.27 bits per heavy atom. The first kappa shape index (κ1) is 23.6. The predicted octanol–water partition coefficient (Wildman–Crippen LogP) is 1.48. The summed E-state index contributed by atoms with van der Waals surface area (Å²) in [6.45, 7) is 6.81. The SMILES string of the molecule is COCC1(C(=O)NCCC(=O)NCc2cccnc2)CCN(C(=O)OC(C)(C)C)C1. The normalized spacial score (nSPS) is 18.7. The predicted molar refractivity (Wildman–Crippen MR) is 110 cm³/mol. The van der Waals surface area contributed by atoms with Crippen molar-refractivity contribution in [2.24, 2.45) is 5.41 Å². The smallest absolute Gasteiger partial charge is 0.410 e. The molecule has 0 saturated carbocycles. The van der Waals surface area contributed by atoms with Crippen molar-refractivity contribution < 1.29 is 23.9 Å². The standard InChI is InChI=1S/C21H32N4O5/c1-20(2,3)30-19(28)25-11-8-21(14-25,15-29-4)18(27)23-10-7-17(26)24-13-16-6-5-9-22-12-16/h5-6,9,12H,7-8,10-11,13-15H2,1-4H3,(H,23,27)(H,24,26). The maximum atomic E-state index is 12.9. The summed E-state index contributed by atoms with van der Waals surface area (Å²) in [6, 6.07) is 3.68. The van der Waals surface area contributed by atoms with Crippen molar-refractivity contribution in [2.45, 2.75) is 45.8 Å². The van der Waals surface area contributed by atoms with E-state index in [4.69, 9.17) is 9.47 Å². The molecule has 9 nitrogen and oxygen atoms in total. The molecule has 0 aliphatic carbocycles. The zero-order valence-electron chi connectivity index (χ0n) is 18.2. The molecule has 1 saturated heterocycles. The largest absolute Gasteiger partial charge is 0.444 e. The summed E-state index contributed by atoms with van der Waals surface area (Å²) in [5.41, 5.74) is -0.547. The first-order valence-corrected chi connectivity index (χ1v) is 10.1. The summed E-state index contributed by atoms with van der Waals surface area (Å²) in [6.07, 6.45) is 3.55. The quantitative estimate of drug-likeness (QED) is 0.659. The number of aromatic nitrogens is 1. The lowest BCUT2D eigenvalue weighted by Gasteiger charge is -2.28. The van der Waals surface area contributed by atoms with Gasteiger partial charge in [0.2, 0.25) is 11.8 Å². The molecule has 0 spiro atoms. The van der Waals surface area contributed by atoms with Crippen LogP contribution in [0.2, 0.25) is 0 Å². The monoisotopic (exact) mass is 420 g/mol. The van der Waals surface area contributed by atoms with Crippen LogP contribution < -0.4 is 10.6 Å². The third kappa shape index (κ3) is 6.98. The number of hydrogen-bond donors (Lipinski definition) is 2. The van der Waals surface area contributed by atoms with Crippen LogP contribution in [0.5, 0.6) is 0 Å². The van der Waals surface area contributed by atoms with Gasteiger partial charge in [0.15, 0.2) is 0 Å². The highest BCUT2D eigenvalue weighted by atomic mass is 16.6. The number of pyridine rings is 1. The molecular weight excluding hydrogens is 388 g/mol. The first-order chi connectivity index (χ1) is 14.1. The van der Waals surface area contributed by atoms with E-state index < -0.39 is 17.1 Å². The summed E-state index contributed by atoms with van der Waals surface area (Å²) in [4.78, 5) is 42.8. The second-order valence-electron chi connectivity index (χ2n) is 8.51. The van der Waals surface area contributed by atoms with Crippen LogP contribution in [0.1, 0.15) is 39.2 Å². The Bertz CT molecular complexity index is 735. The van der Waals surface area contributed by atoms with E-state index in [0.29, 0.717) is 19.5 Å². The van der Waals surface area contributed by atoms with Gasteiger partial charge in [0.1, 0.15) is 5.60 Å². The molecule has 1 fully saturated rings. The van der Waals surface area contributed by atoms with Gasteiger partial charge in [0.05, 0.1) is 12.0 Å². The average molecular weight is 421 g/mol. The highest BCUT2D eigenvalue weighted by molar-refractivity contribution is 5.85. The minimum Gasteiger partial charge on any atom is -0.444 e. The fourth-order valence-corrected chi connectivity index (χ4v) is 3.27. The fraction of sp³-hybridized carbons (Fsp3) is 0.619. The maximum absolute atomic E-state index is 12.9. The van der Waals surface area contributed by atoms with Gasteiger partial charge in [-0.05, 0) is 38.8 Å². The van der Waals surface area contributed by atoms with Crippen LogP contribution >= 0.6 is 0 Å². The van der Waals surface area contributed by atoms with Gasteiger partial charge in [0.25, 0.3) is 0 Å². The van der Waals surface area contributed by atoms with E-state index in [0.717, 1.165) is 5.56 Å². The Hall–Kier alpha value is -2.68. The number of hydrogen-bond acceptors (Lipinski definition) is 6. The molecule has 0 bridgehead atoms. The molecule has 166 valence electrons. The van der Waals surface area contributed by atoms with E-state index in [9.17, 15) is 14.4 Å². The van der Waals surface area contributed by atoms with Crippen LogP contribution in [0.15, 0.2) is 24.5 Å². The molecule has 1 aliphatic heterocycles. The molecule has 0 radical (unpaired) electrons. The molecule has 30 heavy (non-hydrogen) atoms. The van der Waals surface area contributed by atoms with E-state index in [1.165, 1.54) is 12.0 Å². The van der Waals surface area contributed by atoms with Crippen LogP contribution in [0.3, 0.4) is 0 Å². The lowest BCUT2D eigenvalue weighted by atomic mass is 9.87. The van der Waals surface area contributed by atoms with Gasteiger partial charge >= 0.3 is 6.09 Å². The Kier molecular flexibility index (Phi) is 8.16. The molecule has 0 aromatic carbocycles. The lowest BCUT2D eigenvalue weighted by molar-refractivity contribution is -0.133. The number of methoxy groups -OCH3 is 1. The van der Waals surface area contributed by atoms with Crippen LogP contribution in [0, 0.1) is 5.41 Å². The molecule has 1 atom stereocenters. The van der Waals surface area contributed by atoms with Crippen molar-refractivity contribution in [3.8, 4) is 0 Å². The molecular formula is C21H32N4O5. The first-order valence-electron chi connectivity index (χ1n) is 10.1. The van der Waals surface area contributed by atoms with Crippen LogP contribution in [0.4, 0.5) is 4.79 Å². The van der Waals surface area contributed by atoms with E-state index in [1.54, 1.807) is 39.2 Å². The van der Waals surface area contributed by atoms with Crippen LogP contribution in [-0.4, -0.2) is 66.7 Å². The second-order valence-corrected chi connectivity index (χ2v) is 8.51. The van der Waals surface area contributed by atoms with Gasteiger partial charge in [-0.15, -0.1) is 0 Å². The second kappa shape index (κ2) is 10.4. The topological polar surface area (TPSA) is 110 Å². The van der Waals surface area contributed by atoms with Crippen molar-refractivity contribution >= 4 is 17.9 Å². The molecule has 9 heteroatoms. The highest BCUT2D eigenvalue weighted by Crippen LogP contribution is 2.32. The van der Waals surface area contributed by atoms with E-state index in [1.807, 2.05) is 6.07 Å². The number of nitrogens with one attached hydrogen (secondary N) is 2. The van der Waals surface area contributed by atoms with Crippen molar-refractivity contribution in [3.63, 3.8) is 0 Å². The molecule has 2 heterocycles. The van der Waals surface area contributed by atoms with Crippen molar-refractivity contribution in [1.82, 2.24) is 20.5 Å². The number of ether oxygens (including phenoxy) is 2. The Morgan fingerprint density at radius 2 is 2.03 bits per heavy atom. The van der Waals surface area contributed by atoms with Gasteiger partial charge in [-0.3, -0.25) is 14.6 Å². The number of carbonyl (C=O) groups excluding carboxylic acids is 3. The van der Waals surface area contributed by atoms with Gasteiger partial charge < -0.3 is 25.0 Å². The third-order valence-corrected chi connectivity index (χ3v) is 4.76. The highest BCUT2D eigenvalue weighted by Gasteiger charge is 2.47.